The summed E-state index contributed by atoms with van der Waals surface area (Å²) in [5, 5.41) is 2.52. The van der Waals surface area contributed by atoms with Crippen molar-refractivity contribution in [2.75, 3.05) is 6.61 Å². The van der Waals surface area contributed by atoms with E-state index in [9.17, 15) is 9.70 Å². The maximum atomic E-state index is 11.3. The molecule has 0 fully saturated rings. The van der Waals surface area contributed by atoms with Gasteiger partial charge in [-0.1, -0.05) is 6.58 Å². The van der Waals surface area contributed by atoms with Crippen LogP contribution in [-0.2, 0) is 9.53 Å². The van der Waals surface area contributed by atoms with Crippen LogP contribution in [0, 0.1) is 4.91 Å². The van der Waals surface area contributed by atoms with Crippen LogP contribution in [0.3, 0.4) is 0 Å². The maximum Gasteiger partial charge on any atom is 0.338 e. The molecular formula is C10H13NO3. The van der Waals surface area contributed by atoms with Crippen LogP contribution in [0.4, 0.5) is 0 Å². The van der Waals surface area contributed by atoms with Crippen LogP contribution in [0.2, 0.25) is 0 Å². The van der Waals surface area contributed by atoms with E-state index in [-0.39, 0.29) is 0 Å². The van der Waals surface area contributed by atoms with E-state index in [1.165, 1.54) is 12.2 Å². The van der Waals surface area contributed by atoms with Gasteiger partial charge in [-0.2, -0.15) is 0 Å². The first kappa shape index (κ1) is 12.3. The number of hydrogen-bond acceptors (Lipinski definition) is 4. The molecule has 0 aliphatic carbocycles. The zero-order valence-electron chi connectivity index (χ0n) is 8.32. The van der Waals surface area contributed by atoms with Crippen molar-refractivity contribution >= 4 is 5.97 Å². The molecule has 0 aromatic rings. The topological polar surface area (TPSA) is 55.7 Å². The summed E-state index contributed by atoms with van der Waals surface area (Å²) in [6, 6.07) is 0. The largest absolute Gasteiger partial charge is 0.462 e. The third-order valence-electron chi connectivity index (χ3n) is 1.36. The zero-order chi connectivity index (χ0) is 11.0. The molecule has 0 N–H and O–H groups in total. The van der Waals surface area contributed by atoms with Crippen molar-refractivity contribution in [3.05, 3.63) is 41.0 Å². The first-order valence-corrected chi connectivity index (χ1v) is 4.15. The van der Waals surface area contributed by atoms with E-state index >= 15 is 0 Å². The second-order valence-corrected chi connectivity index (χ2v) is 2.53. The van der Waals surface area contributed by atoms with Crippen molar-refractivity contribution in [3.8, 4) is 0 Å². The number of nitrogens with zero attached hydrogens (tertiary/aromatic N) is 1. The molecule has 0 spiro atoms. The average Bonchev–Trinajstić information content (AvgIpc) is 2.12. The van der Waals surface area contributed by atoms with Gasteiger partial charge in [-0.05, 0) is 36.7 Å². The summed E-state index contributed by atoms with van der Waals surface area (Å²) in [5.41, 5.74) is 0.922. The second-order valence-electron chi connectivity index (χ2n) is 2.53. The monoisotopic (exact) mass is 195 g/mol. The molecule has 0 heterocycles. The third kappa shape index (κ3) is 4.35. The summed E-state index contributed by atoms with van der Waals surface area (Å²) >= 11 is 0. The van der Waals surface area contributed by atoms with E-state index in [2.05, 4.69) is 11.8 Å². The number of ether oxygens (including phenoxy) is 1. The molecule has 0 saturated heterocycles. The fourth-order valence-electron chi connectivity index (χ4n) is 0.768. The molecule has 0 unspecified atom stereocenters. The number of carbonyl (C=O) groups is 1. The van der Waals surface area contributed by atoms with Crippen molar-refractivity contribution in [1.82, 2.24) is 0 Å². The molecule has 14 heavy (non-hydrogen) atoms. The molecule has 4 nitrogen and oxygen atoms in total. The van der Waals surface area contributed by atoms with Gasteiger partial charge in [0.05, 0.1) is 18.4 Å². The van der Waals surface area contributed by atoms with Crippen LogP contribution in [0.15, 0.2) is 41.3 Å². The Kier molecular flexibility index (Phi) is 5.94. The molecule has 76 valence electrons. The van der Waals surface area contributed by atoms with E-state index in [0.29, 0.717) is 17.8 Å². The van der Waals surface area contributed by atoms with Gasteiger partial charge in [0, 0.05) is 0 Å². The van der Waals surface area contributed by atoms with Crippen molar-refractivity contribution in [3.63, 3.8) is 0 Å². The predicted octanol–water partition coefficient (Wildman–Crippen LogP) is 2.33. The van der Waals surface area contributed by atoms with Crippen molar-refractivity contribution in [1.29, 1.82) is 0 Å². The Hall–Kier alpha value is -1.71. The van der Waals surface area contributed by atoms with Gasteiger partial charge in [-0.25, -0.2) is 4.79 Å². The van der Waals surface area contributed by atoms with Crippen LogP contribution in [0.25, 0.3) is 0 Å². The van der Waals surface area contributed by atoms with Gasteiger partial charge in [0.15, 0.2) is 0 Å². The zero-order valence-corrected chi connectivity index (χ0v) is 8.32. The number of rotatable bonds is 5. The number of carbonyl (C=O) groups excluding carboxylic acids is 1. The minimum absolute atomic E-state index is 0.305. The molecule has 0 radical (unpaired) electrons. The van der Waals surface area contributed by atoms with Crippen molar-refractivity contribution < 1.29 is 9.53 Å². The minimum Gasteiger partial charge on any atom is -0.462 e. The van der Waals surface area contributed by atoms with E-state index in [0.717, 1.165) is 6.20 Å². The van der Waals surface area contributed by atoms with E-state index in [1.807, 2.05) is 0 Å². The summed E-state index contributed by atoms with van der Waals surface area (Å²) in [4.78, 5) is 21.0. The molecule has 0 aromatic carbocycles. The normalized spacial score (nSPS) is 11.4. The standard InChI is InChI=1S/C10H13NO3/c1-4-14-10(12)9(8(2)3)6-5-7-11-13/h5-7H,2,4H2,1,3H3/b7-5-,9-6+. The van der Waals surface area contributed by atoms with Gasteiger partial charge < -0.3 is 4.74 Å². The minimum atomic E-state index is -0.449. The van der Waals surface area contributed by atoms with Gasteiger partial charge in [-0.15, -0.1) is 4.91 Å². The average molecular weight is 195 g/mol. The molecular weight excluding hydrogens is 182 g/mol. The fraction of sp³-hybridized carbons (Fsp3) is 0.300. The Balaban J connectivity index is 4.67. The summed E-state index contributed by atoms with van der Waals surface area (Å²) in [6.07, 6.45) is 3.86. The third-order valence-corrected chi connectivity index (χ3v) is 1.36. The lowest BCUT2D eigenvalue weighted by Crippen LogP contribution is -2.07. The quantitative estimate of drug-likeness (QED) is 0.293. The Bertz CT molecular complexity index is 290. The lowest BCUT2D eigenvalue weighted by atomic mass is 10.1. The second kappa shape index (κ2) is 6.77. The highest BCUT2D eigenvalue weighted by atomic mass is 16.5. The van der Waals surface area contributed by atoms with Crippen LogP contribution in [0.1, 0.15) is 13.8 Å². The summed E-state index contributed by atoms with van der Waals surface area (Å²) in [6.45, 7) is 7.33. The van der Waals surface area contributed by atoms with Gasteiger partial charge in [0.2, 0.25) is 0 Å². The van der Waals surface area contributed by atoms with E-state index in [4.69, 9.17) is 4.74 Å². The predicted molar refractivity (Wildman–Crippen MR) is 54.5 cm³/mol. The fourth-order valence-corrected chi connectivity index (χ4v) is 0.768. The number of allylic oxidation sites excluding steroid dienone is 2. The van der Waals surface area contributed by atoms with Gasteiger partial charge >= 0.3 is 5.97 Å². The van der Waals surface area contributed by atoms with E-state index in [1.54, 1.807) is 13.8 Å². The number of nitroso groups, excluding NO2 is 1. The van der Waals surface area contributed by atoms with Crippen LogP contribution in [-0.4, -0.2) is 12.6 Å². The summed E-state index contributed by atoms with van der Waals surface area (Å²) < 4.78 is 4.79. The maximum absolute atomic E-state index is 11.3. The Morgan fingerprint density at radius 2 is 2.21 bits per heavy atom. The van der Waals surface area contributed by atoms with Gasteiger partial charge in [-0.3, -0.25) is 0 Å². The first-order chi connectivity index (χ1) is 6.63. The first-order valence-electron chi connectivity index (χ1n) is 4.15. The van der Waals surface area contributed by atoms with Gasteiger partial charge in [0.1, 0.15) is 0 Å². The van der Waals surface area contributed by atoms with Crippen LogP contribution < -0.4 is 0 Å². The molecule has 0 atom stereocenters. The SMILES string of the molecule is C=C(C)/C(=C\C=C/N=O)C(=O)OCC. The number of esters is 1. The highest BCUT2D eigenvalue weighted by Crippen LogP contribution is 2.09. The van der Waals surface area contributed by atoms with Crippen molar-refractivity contribution in [2.45, 2.75) is 13.8 Å². The molecule has 0 saturated carbocycles. The Morgan fingerprint density at radius 1 is 1.57 bits per heavy atom. The Labute approximate surface area is 82.9 Å². The number of hydrogen-bond donors (Lipinski definition) is 0. The smallest absolute Gasteiger partial charge is 0.338 e. The van der Waals surface area contributed by atoms with Crippen LogP contribution >= 0.6 is 0 Å². The lowest BCUT2D eigenvalue weighted by molar-refractivity contribution is -0.138. The molecule has 0 rings (SSSR count). The molecule has 0 aromatic heterocycles. The lowest BCUT2D eigenvalue weighted by Gasteiger charge is -2.04. The molecule has 4 heteroatoms. The van der Waals surface area contributed by atoms with Crippen molar-refractivity contribution in [2.24, 2.45) is 5.18 Å². The molecule has 0 aliphatic rings. The molecule has 0 bridgehead atoms. The summed E-state index contributed by atoms with van der Waals surface area (Å²) in [5.74, 6) is -0.449. The summed E-state index contributed by atoms with van der Waals surface area (Å²) in [7, 11) is 0. The molecule has 0 aliphatic heterocycles. The molecule has 0 amide bonds. The van der Waals surface area contributed by atoms with E-state index < -0.39 is 5.97 Å². The van der Waals surface area contributed by atoms with Crippen LogP contribution in [0.5, 0.6) is 0 Å². The highest BCUT2D eigenvalue weighted by Gasteiger charge is 2.09. The van der Waals surface area contributed by atoms with Gasteiger partial charge in [0.25, 0.3) is 0 Å². The Morgan fingerprint density at radius 3 is 2.64 bits per heavy atom. The highest BCUT2D eigenvalue weighted by molar-refractivity contribution is 5.93.